The van der Waals surface area contributed by atoms with Gasteiger partial charge in [-0.2, -0.15) is 0 Å². The van der Waals surface area contributed by atoms with Crippen molar-refractivity contribution in [2.75, 3.05) is 6.54 Å². The Morgan fingerprint density at radius 3 is 2.67 bits per heavy atom. The topological polar surface area (TPSA) is 43.7 Å². The summed E-state index contributed by atoms with van der Waals surface area (Å²) in [6.45, 7) is 1.21. The Morgan fingerprint density at radius 1 is 1.06 bits per heavy atom. The number of fused-ring (bicyclic) bond motifs is 3. The van der Waals surface area contributed by atoms with Gasteiger partial charge in [0.05, 0.1) is 0 Å². The molecule has 4 rings (SSSR count). The highest BCUT2D eigenvalue weighted by atomic mass is 16.3. The summed E-state index contributed by atoms with van der Waals surface area (Å²) in [7, 11) is 0. The minimum absolute atomic E-state index is 0.0317. The zero-order valence-electron chi connectivity index (χ0n) is 10.5. The molecule has 3 nitrogen and oxygen atoms in total. The van der Waals surface area contributed by atoms with Crippen LogP contribution in [0.1, 0.15) is 42.7 Å². The summed E-state index contributed by atoms with van der Waals surface area (Å²) >= 11 is 0. The van der Waals surface area contributed by atoms with Crippen LogP contribution in [0.25, 0.3) is 0 Å². The molecule has 96 valence electrons. The molecule has 2 atom stereocenters. The molecular weight excluding hydrogens is 226 g/mol. The first-order chi connectivity index (χ1) is 8.75. The number of hydrogen-bond acceptors (Lipinski definition) is 3. The summed E-state index contributed by atoms with van der Waals surface area (Å²) in [4.78, 5) is 2.69. The number of phenols is 2. The third kappa shape index (κ3) is 1.40. The van der Waals surface area contributed by atoms with Gasteiger partial charge in [-0.25, -0.2) is 0 Å². The van der Waals surface area contributed by atoms with E-state index in [1.54, 1.807) is 6.07 Å². The monoisotopic (exact) mass is 245 g/mol. The average molecular weight is 245 g/mol. The van der Waals surface area contributed by atoms with Crippen molar-refractivity contribution < 1.29 is 10.2 Å². The zero-order chi connectivity index (χ0) is 12.3. The highest BCUT2D eigenvalue weighted by molar-refractivity contribution is 5.52. The molecule has 0 radical (unpaired) electrons. The van der Waals surface area contributed by atoms with Crippen LogP contribution in [0.2, 0.25) is 0 Å². The molecule has 2 unspecified atom stereocenters. The van der Waals surface area contributed by atoms with Gasteiger partial charge in [0, 0.05) is 23.6 Å². The smallest absolute Gasteiger partial charge is 0.160 e. The second-order valence-corrected chi connectivity index (χ2v) is 5.97. The molecule has 2 fully saturated rings. The molecule has 0 bridgehead atoms. The molecule has 0 spiro atoms. The van der Waals surface area contributed by atoms with E-state index in [0.29, 0.717) is 12.0 Å². The van der Waals surface area contributed by atoms with Crippen LogP contribution in [-0.4, -0.2) is 33.7 Å². The molecule has 1 aromatic rings. The number of rotatable bonds is 1. The molecule has 1 aromatic carbocycles. The Bertz CT molecular complexity index is 496. The van der Waals surface area contributed by atoms with Crippen molar-refractivity contribution in [1.29, 1.82) is 0 Å². The van der Waals surface area contributed by atoms with Gasteiger partial charge in [-0.1, -0.05) is 6.07 Å². The number of nitrogens with zero attached hydrogens (tertiary/aromatic N) is 1. The minimum Gasteiger partial charge on any atom is -0.504 e. The van der Waals surface area contributed by atoms with Gasteiger partial charge in [-0.3, -0.25) is 4.90 Å². The van der Waals surface area contributed by atoms with Crippen molar-refractivity contribution >= 4 is 0 Å². The fourth-order valence-corrected chi connectivity index (χ4v) is 4.01. The van der Waals surface area contributed by atoms with Gasteiger partial charge in [0.1, 0.15) is 0 Å². The molecule has 1 heterocycles. The maximum atomic E-state index is 9.99. The fraction of sp³-hybridized carbons (Fsp3) is 0.600. The molecule has 2 N–H and O–H groups in total. The minimum atomic E-state index is 0.0317. The van der Waals surface area contributed by atoms with E-state index in [2.05, 4.69) is 4.90 Å². The summed E-state index contributed by atoms with van der Waals surface area (Å²) in [5.74, 6) is 0.723. The molecule has 1 saturated carbocycles. The molecular formula is C15H19NO2. The van der Waals surface area contributed by atoms with E-state index in [-0.39, 0.29) is 11.5 Å². The Labute approximate surface area is 107 Å². The van der Waals surface area contributed by atoms with Gasteiger partial charge < -0.3 is 10.2 Å². The molecule has 3 heteroatoms. The third-order valence-electron chi connectivity index (χ3n) is 4.99. The predicted octanol–water partition coefficient (Wildman–Crippen LogP) is 2.36. The standard InChI is InChI=1S/C15H19NO2/c17-14-6-4-10-11-7-8-16(9-1-2-9)13(11)5-3-12(10)15(14)18/h4,6,9,11,13,17-18H,1-3,5,7-8H2. The Hall–Kier alpha value is -1.22. The number of likely N-dealkylation sites (tertiary alicyclic amines) is 1. The normalized spacial score (nSPS) is 31.1. The lowest BCUT2D eigenvalue weighted by molar-refractivity contribution is 0.216. The summed E-state index contributed by atoms with van der Waals surface area (Å²) in [6.07, 6.45) is 5.98. The molecule has 3 aliphatic rings. The van der Waals surface area contributed by atoms with Crippen LogP contribution >= 0.6 is 0 Å². The van der Waals surface area contributed by atoms with E-state index < -0.39 is 0 Å². The third-order valence-corrected chi connectivity index (χ3v) is 4.99. The van der Waals surface area contributed by atoms with Crippen molar-refractivity contribution in [3.8, 4) is 11.5 Å². The quantitative estimate of drug-likeness (QED) is 0.746. The second kappa shape index (κ2) is 3.64. The number of benzene rings is 1. The molecule has 1 saturated heterocycles. The first kappa shape index (κ1) is 10.7. The Balaban J connectivity index is 1.72. The van der Waals surface area contributed by atoms with Crippen molar-refractivity contribution in [2.45, 2.75) is 50.1 Å². The van der Waals surface area contributed by atoms with E-state index in [4.69, 9.17) is 0 Å². The van der Waals surface area contributed by atoms with Crippen LogP contribution in [-0.2, 0) is 6.42 Å². The number of hydrogen-bond donors (Lipinski definition) is 2. The van der Waals surface area contributed by atoms with Gasteiger partial charge in [-0.05, 0) is 50.3 Å². The first-order valence-electron chi connectivity index (χ1n) is 7.05. The van der Waals surface area contributed by atoms with Crippen molar-refractivity contribution in [3.05, 3.63) is 23.3 Å². The molecule has 1 aliphatic heterocycles. The Kier molecular flexibility index (Phi) is 2.16. The lowest BCUT2D eigenvalue weighted by Gasteiger charge is -2.33. The maximum absolute atomic E-state index is 9.99. The highest BCUT2D eigenvalue weighted by Gasteiger charge is 2.44. The molecule has 18 heavy (non-hydrogen) atoms. The van der Waals surface area contributed by atoms with E-state index in [0.717, 1.165) is 24.4 Å². The summed E-state index contributed by atoms with van der Waals surface area (Å²) in [5, 5.41) is 19.6. The van der Waals surface area contributed by atoms with Crippen LogP contribution in [0.4, 0.5) is 0 Å². The molecule has 0 aromatic heterocycles. The number of phenolic OH excluding ortho intramolecular Hbond substituents is 2. The van der Waals surface area contributed by atoms with Crippen LogP contribution < -0.4 is 0 Å². The fourth-order valence-electron chi connectivity index (χ4n) is 4.01. The number of aromatic hydroxyl groups is 2. The largest absolute Gasteiger partial charge is 0.504 e. The van der Waals surface area contributed by atoms with Crippen molar-refractivity contribution in [3.63, 3.8) is 0 Å². The predicted molar refractivity (Wildman–Crippen MR) is 69.0 cm³/mol. The van der Waals surface area contributed by atoms with Gasteiger partial charge in [-0.15, -0.1) is 0 Å². The summed E-state index contributed by atoms with van der Waals surface area (Å²) in [6, 6.07) is 5.19. The lowest BCUT2D eigenvalue weighted by atomic mass is 9.79. The van der Waals surface area contributed by atoms with Gasteiger partial charge in [0.15, 0.2) is 11.5 Å². The van der Waals surface area contributed by atoms with Crippen LogP contribution in [0.3, 0.4) is 0 Å². The highest BCUT2D eigenvalue weighted by Crippen LogP contribution is 2.48. The average Bonchev–Trinajstić information content (AvgIpc) is 3.13. The SMILES string of the molecule is Oc1ccc2c(c1O)CCC1C2CCN1C1CC1. The van der Waals surface area contributed by atoms with Gasteiger partial charge in [0.2, 0.25) is 0 Å². The van der Waals surface area contributed by atoms with Crippen molar-refractivity contribution in [2.24, 2.45) is 0 Å². The van der Waals surface area contributed by atoms with E-state index in [1.807, 2.05) is 6.07 Å². The lowest BCUT2D eigenvalue weighted by Crippen LogP contribution is -2.36. The molecule has 0 amide bonds. The van der Waals surface area contributed by atoms with Crippen LogP contribution in [0.5, 0.6) is 11.5 Å². The summed E-state index contributed by atoms with van der Waals surface area (Å²) in [5.41, 5.74) is 2.28. The summed E-state index contributed by atoms with van der Waals surface area (Å²) < 4.78 is 0. The zero-order valence-corrected chi connectivity index (χ0v) is 10.5. The van der Waals surface area contributed by atoms with E-state index in [1.165, 1.54) is 31.4 Å². The van der Waals surface area contributed by atoms with Gasteiger partial charge in [0.25, 0.3) is 0 Å². The van der Waals surface area contributed by atoms with E-state index in [9.17, 15) is 10.2 Å². The van der Waals surface area contributed by atoms with Gasteiger partial charge >= 0.3 is 0 Å². The van der Waals surface area contributed by atoms with Crippen LogP contribution in [0.15, 0.2) is 12.1 Å². The Morgan fingerprint density at radius 2 is 1.89 bits per heavy atom. The maximum Gasteiger partial charge on any atom is 0.160 e. The first-order valence-corrected chi connectivity index (χ1v) is 7.05. The van der Waals surface area contributed by atoms with Crippen LogP contribution in [0, 0.1) is 0 Å². The second-order valence-electron chi connectivity index (χ2n) is 5.97. The molecule has 2 aliphatic carbocycles. The van der Waals surface area contributed by atoms with Crippen molar-refractivity contribution in [1.82, 2.24) is 4.90 Å². The van der Waals surface area contributed by atoms with E-state index >= 15 is 0 Å².